The summed E-state index contributed by atoms with van der Waals surface area (Å²) in [5.74, 6) is 2.06. The molecule has 1 amide bonds. The van der Waals surface area contributed by atoms with Gasteiger partial charge in [0.25, 0.3) is 5.91 Å². The lowest BCUT2D eigenvalue weighted by Gasteiger charge is -2.35. The average molecular weight is 463 g/mol. The molecule has 0 unspecified atom stereocenters. The molecular weight excluding hydrogens is 432 g/mol. The molecule has 1 aromatic heterocycles. The second-order valence-electron chi connectivity index (χ2n) is 8.61. The molecule has 0 bridgehead atoms. The number of H-pyrrole nitrogens is 1. The third-order valence-corrected chi connectivity index (χ3v) is 6.50. The highest BCUT2D eigenvalue weighted by atomic mass is 16.6. The zero-order valence-electron chi connectivity index (χ0n) is 19.4. The molecule has 1 atom stereocenters. The summed E-state index contributed by atoms with van der Waals surface area (Å²) in [4.78, 5) is 15.7. The summed E-state index contributed by atoms with van der Waals surface area (Å²) in [5.41, 5.74) is 3.16. The Morgan fingerprint density at radius 1 is 1.09 bits per heavy atom. The molecule has 2 aliphatic heterocycles. The summed E-state index contributed by atoms with van der Waals surface area (Å²) >= 11 is 0. The first-order valence-corrected chi connectivity index (χ1v) is 11.8. The number of amides is 1. The Hall–Kier alpha value is -3.52. The summed E-state index contributed by atoms with van der Waals surface area (Å²) in [6.45, 7) is 3.62. The van der Waals surface area contributed by atoms with Crippen LogP contribution in [-0.4, -0.2) is 61.0 Å². The molecule has 3 heterocycles. The number of fused-ring (bicyclic) bond motifs is 1. The van der Waals surface area contributed by atoms with Crippen LogP contribution in [0.5, 0.6) is 17.2 Å². The molecule has 0 spiro atoms. The summed E-state index contributed by atoms with van der Waals surface area (Å²) in [6, 6.07) is 13.9. The van der Waals surface area contributed by atoms with Crippen molar-refractivity contribution in [2.24, 2.45) is 0 Å². The molecule has 178 valence electrons. The lowest BCUT2D eigenvalue weighted by molar-refractivity contribution is 0.0925. The number of hydrogen-bond donors (Lipinski definition) is 2. The standard InChI is InChI=1S/C26H30N4O4/c1-32-20-8-5-18(6-9-20)22(30-11-3-2-4-12-30)17-27-26(31)21-16-28-29-25(21)19-7-10-23-24(15-19)34-14-13-33-23/h5-10,15-16,22H,2-4,11-14,17H2,1H3,(H,27,31)(H,28,29)/t22-/m0/s1. The Balaban J connectivity index is 1.33. The summed E-state index contributed by atoms with van der Waals surface area (Å²) in [6.07, 6.45) is 5.18. The summed E-state index contributed by atoms with van der Waals surface area (Å²) in [5, 5.41) is 10.3. The molecule has 3 aromatic rings. The van der Waals surface area contributed by atoms with E-state index in [4.69, 9.17) is 14.2 Å². The van der Waals surface area contributed by atoms with Gasteiger partial charge in [-0.1, -0.05) is 18.6 Å². The van der Waals surface area contributed by atoms with Crippen molar-refractivity contribution in [3.05, 3.63) is 59.8 Å². The highest BCUT2D eigenvalue weighted by Crippen LogP contribution is 2.35. The molecule has 5 rings (SSSR count). The van der Waals surface area contributed by atoms with E-state index < -0.39 is 0 Å². The van der Waals surface area contributed by atoms with E-state index in [1.807, 2.05) is 30.3 Å². The van der Waals surface area contributed by atoms with Crippen molar-refractivity contribution in [1.29, 1.82) is 0 Å². The van der Waals surface area contributed by atoms with E-state index in [-0.39, 0.29) is 11.9 Å². The predicted molar refractivity (Wildman–Crippen MR) is 129 cm³/mol. The van der Waals surface area contributed by atoms with Crippen molar-refractivity contribution in [2.75, 3.05) is 40.0 Å². The third-order valence-electron chi connectivity index (χ3n) is 6.50. The number of aromatic amines is 1. The Labute approximate surface area is 199 Å². The molecule has 8 heteroatoms. The Bertz CT molecular complexity index is 1120. The molecule has 34 heavy (non-hydrogen) atoms. The van der Waals surface area contributed by atoms with Gasteiger partial charge >= 0.3 is 0 Å². The van der Waals surface area contributed by atoms with Gasteiger partial charge in [-0.05, 0) is 61.8 Å². The first kappa shape index (κ1) is 22.3. The van der Waals surface area contributed by atoms with Crippen molar-refractivity contribution in [2.45, 2.75) is 25.3 Å². The topological polar surface area (TPSA) is 88.7 Å². The van der Waals surface area contributed by atoms with Gasteiger partial charge in [-0.2, -0.15) is 5.10 Å². The fourth-order valence-electron chi connectivity index (χ4n) is 4.68. The van der Waals surface area contributed by atoms with Gasteiger partial charge < -0.3 is 19.5 Å². The first-order chi connectivity index (χ1) is 16.7. The zero-order chi connectivity index (χ0) is 23.3. The smallest absolute Gasteiger partial charge is 0.255 e. The third kappa shape index (κ3) is 4.72. The van der Waals surface area contributed by atoms with E-state index in [9.17, 15) is 4.79 Å². The zero-order valence-corrected chi connectivity index (χ0v) is 19.4. The number of carbonyl (C=O) groups is 1. The maximum atomic E-state index is 13.2. The lowest BCUT2D eigenvalue weighted by atomic mass is 10.0. The molecule has 2 N–H and O–H groups in total. The Kier molecular flexibility index (Phi) is 6.67. The van der Waals surface area contributed by atoms with Gasteiger partial charge in [0, 0.05) is 12.1 Å². The van der Waals surface area contributed by atoms with Crippen LogP contribution in [-0.2, 0) is 0 Å². The van der Waals surface area contributed by atoms with E-state index in [0.717, 1.165) is 24.4 Å². The van der Waals surface area contributed by atoms with Crippen LogP contribution in [0, 0.1) is 0 Å². The Morgan fingerprint density at radius 3 is 2.62 bits per heavy atom. The number of ether oxygens (including phenoxy) is 3. The number of benzene rings is 2. The van der Waals surface area contributed by atoms with Gasteiger partial charge in [0.1, 0.15) is 19.0 Å². The maximum Gasteiger partial charge on any atom is 0.255 e. The van der Waals surface area contributed by atoms with Crippen molar-refractivity contribution in [1.82, 2.24) is 20.4 Å². The van der Waals surface area contributed by atoms with Crippen LogP contribution in [0.25, 0.3) is 11.3 Å². The molecular formula is C26H30N4O4. The average Bonchev–Trinajstić information content (AvgIpc) is 3.40. The van der Waals surface area contributed by atoms with Crippen molar-refractivity contribution in [3.63, 3.8) is 0 Å². The monoisotopic (exact) mass is 462 g/mol. The van der Waals surface area contributed by atoms with Gasteiger partial charge in [-0.15, -0.1) is 0 Å². The molecule has 0 radical (unpaired) electrons. The first-order valence-electron chi connectivity index (χ1n) is 11.8. The fraction of sp³-hybridized carbons (Fsp3) is 0.385. The molecule has 0 aliphatic carbocycles. The molecule has 1 fully saturated rings. The minimum absolute atomic E-state index is 0.0970. The van der Waals surface area contributed by atoms with Crippen LogP contribution in [0.4, 0.5) is 0 Å². The van der Waals surface area contributed by atoms with E-state index in [1.54, 1.807) is 13.3 Å². The van der Waals surface area contributed by atoms with Gasteiger partial charge in [-0.25, -0.2) is 0 Å². The predicted octanol–water partition coefficient (Wildman–Crippen LogP) is 3.81. The summed E-state index contributed by atoms with van der Waals surface area (Å²) in [7, 11) is 1.67. The van der Waals surface area contributed by atoms with Crippen LogP contribution in [0.1, 0.15) is 41.2 Å². The van der Waals surface area contributed by atoms with Crippen LogP contribution in [0.15, 0.2) is 48.7 Å². The fourth-order valence-corrected chi connectivity index (χ4v) is 4.68. The number of aromatic nitrogens is 2. The quantitative estimate of drug-likeness (QED) is 0.555. The summed E-state index contributed by atoms with van der Waals surface area (Å²) < 4.78 is 16.6. The van der Waals surface area contributed by atoms with Crippen molar-refractivity contribution >= 4 is 5.91 Å². The molecule has 8 nitrogen and oxygen atoms in total. The number of hydrogen-bond acceptors (Lipinski definition) is 6. The highest BCUT2D eigenvalue weighted by Gasteiger charge is 2.24. The van der Waals surface area contributed by atoms with E-state index in [0.29, 0.717) is 42.5 Å². The van der Waals surface area contributed by atoms with Crippen LogP contribution in [0.2, 0.25) is 0 Å². The number of nitrogens with zero attached hydrogens (tertiary/aromatic N) is 2. The number of likely N-dealkylation sites (tertiary alicyclic amines) is 1. The maximum absolute atomic E-state index is 13.2. The SMILES string of the molecule is COc1ccc([C@H](CNC(=O)c2cn[nH]c2-c2ccc3c(c2)OCCO3)N2CCCCC2)cc1. The minimum atomic E-state index is -0.158. The van der Waals surface area contributed by atoms with E-state index in [2.05, 4.69) is 32.5 Å². The molecule has 2 aliphatic rings. The number of carbonyl (C=O) groups excluding carboxylic acids is 1. The largest absolute Gasteiger partial charge is 0.497 e. The number of methoxy groups -OCH3 is 1. The number of nitrogens with one attached hydrogen (secondary N) is 2. The molecule has 0 saturated carbocycles. The van der Waals surface area contributed by atoms with Gasteiger partial charge in [-0.3, -0.25) is 14.8 Å². The van der Waals surface area contributed by atoms with Crippen molar-refractivity contribution < 1.29 is 19.0 Å². The molecule has 2 aromatic carbocycles. The highest BCUT2D eigenvalue weighted by molar-refractivity contribution is 5.99. The van der Waals surface area contributed by atoms with Crippen molar-refractivity contribution in [3.8, 4) is 28.5 Å². The van der Waals surface area contributed by atoms with E-state index >= 15 is 0 Å². The minimum Gasteiger partial charge on any atom is -0.497 e. The second-order valence-corrected chi connectivity index (χ2v) is 8.61. The van der Waals surface area contributed by atoms with Gasteiger partial charge in [0.15, 0.2) is 11.5 Å². The number of rotatable bonds is 7. The van der Waals surface area contributed by atoms with Gasteiger partial charge in [0.05, 0.1) is 30.6 Å². The van der Waals surface area contributed by atoms with Crippen LogP contribution < -0.4 is 19.5 Å². The lowest BCUT2D eigenvalue weighted by Crippen LogP contribution is -2.40. The van der Waals surface area contributed by atoms with E-state index in [1.165, 1.54) is 24.8 Å². The van der Waals surface area contributed by atoms with Crippen LogP contribution >= 0.6 is 0 Å². The normalized spacial score (nSPS) is 16.6. The second kappa shape index (κ2) is 10.2. The molecule has 1 saturated heterocycles. The Morgan fingerprint density at radius 2 is 1.85 bits per heavy atom. The van der Waals surface area contributed by atoms with Crippen LogP contribution in [0.3, 0.4) is 0 Å². The number of piperidine rings is 1. The van der Waals surface area contributed by atoms with Gasteiger partial charge in [0.2, 0.25) is 0 Å².